The van der Waals surface area contributed by atoms with Crippen LogP contribution in [0.4, 0.5) is 5.69 Å². The SMILES string of the molecule is Nc1c(Br)cccc1C(=O)c1ccc(O)cc1. The molecule has 0 bridgehead atoms. The Morgan fingerprint density at radius 2 is 1.76 bits per heavy atom. The predicted molar refractivity (Wildman–Crippen MR) is 70.1 cm³/mol. The fraction of sp³-hybridized carbons (Fsp3) is 0. The monoisotopic (exact) mass is 291 g/mol. The van der Waals surface area contributed by atoms with Crippen LogP contribution in [0, 0.1) is 0 Å². The van der Waals surface area contributed by atoms with Gasteiger partial charge in [-0.25, -0.2) is 0 Å². The number of hydrogen-bond donors (Lipinski definition) is 2. The highest BCUT2D eigenvalue weighted by Gasteiger charge is 2.13. The highest BCUT2D eigenvalue weighted by Crippen LogP contribution is 2.25. The smallest absolute Gasteiger partial charge is 0.195 e. The van der Waals surface area contributed by atoms with Crippen molar-refractivity contribution in [1.29, 1.82) is 0 Å². The first-order valence-electron chi connectivity index (χ1n) is 4.97. The van der Waals surface area contributed by atoms with Crippen LogP contribution >= 0.6 is 15.9 Å². The molecular formula is C13H10BrNO2. The van der Waals surface area contributed by atoms with Crippen molar-refractivity contribution in [3.05, 3.63) is 58.1 Å². The van der Waals surface area contributed by atoms with Gasteiger partial charge in [0.25, 0.3) is 0 Å². The zero-order valence-corrected chi connectivity index (χ0v) is 10.4. The Hall–Kier alpha value is -1.81. The van der Waals surface area contributed by atoms with Crippen LogP contribution in [0.3, 0.4) is 0 Å². The topological polar surface area (TPSA) is 63.3 Å². The van der Waals surface area contributed by atoms with Gasteiger partial charge in [0.05, 0.1) is 5.69 Å². The van der Waals surface area contributed by atoms with Crippen LogP contribution in [0.1, 0.15) is 15.9 Å². The van der Waals surface area contributed by atoms with Gasteiger partial charge in [0.15, 0.2) is 5.78 Å². The second kappa shape index (κ2) is 4.59. The maximum absolute atomic E-state index is 12.1. The van der Waals surface area contributed by atoms with E-state index in [0.29, 0.717) is 21.3 Å². The summed E-state index contributed by atoms with van der Waals surface area (Å²) in [4.78, 5) is 12.1. The van der Waals surface area contributed by atoms with Gasteiger partial charge in [-0.3, -0.25) is 4.79 Å². The molecule has 0 atom stereocenters. The Kier molecular flexibility index (Phi) is 3.15. The molecule has 17 heavy (non-hydrogen) atoms. The fourth-order valence-electron chi connectivity index (χ4n) is 1.50. The molecule has 0 heterocycles. The summed E-state index contributed by atoms with van der Waals surface area (Å²) in [6.07, 6.45) is 0. The number of para-hydroxylation sites is 1. The Morgan fingerprint density at radius 1 is 1.12 bits per heavy atom. The Labute approximate surface area is 107 Å². The third-order valence-electron chi connectivity index (χ3n) is 2.43. The van der Waals surface area contributed by atoms with Crippen LogP contribution in [-0.4, -0.2) is 10.9 Å². The van der Waals surface area contributed by atoms with Gasteiger partial charge in [0.1, 0.15) is 5.75 Å². The van der Waals surface area contributed by atoms with Crippen LogP contribution in [0.2, 0.25) is 0 Å². The quantitative estimate of drug-likeness (QED) is 0.660. The number of nitrogen functional groups attached to an aromatic ring is 1. The Morgan fingerprint density at radius 3 is 2.41 bits per heavy atom. The van der Waals surface area contributed by atoms with Gasteiger partial charge < -0.3 is 10.8 Å². The van der Waals surface area contributed by atoms with Gasteiger partial charge in [-0.05, 0) is 52.3 Å². The normalized spacial score (nSPS) is 10.2. The summed E-state index contributed by atoms with van der Waals surface area (Å²) in [7, 11) is 0. The van der Waals surface area contributed by atoms with Crippen molar-refractivity contribution in [3.8, 4) is 5.75 Å². The molecule has 0 aliphatic rings. The summed E-state index contributed by atoms with van der Waals surface area (Å²) in [6.45, 7) is 0. The molecule has 3 nitrogen and oxygen atoms in total. The number of phenolic OH excluding ortho intramolecular Hbond substituents is 1. The number of carbonyl (C=O) groups is 1. The van der Waals surface area contributed by atoms with E-state index >= 15 is 0 Å². The number of halogens is 1. The number of benzene rings is 2. The third-order valence-corrected chi connectivity index (χ3v) is 3.12. The van der Waals surface area contributed by atoms with Crippen molar-refractivity contribution in [2.45, 2.75) is 0 Å². The molecule has 0 fully saturated rings. The molecule has 0 saturated heterocycles. The highest BCUT2D eigenvalue weighted by molar-refractivity contribution is 9.10. The lowest BCUT2D eigenvalue weighted by atomic mass is 10.0. The number of ketones is 1. The molecule has 0 unspecified atom stereocenters. The Balaban J connectivity index is 2.44. The molecule has 0 amide bonds. The zero-order valence-electron chi connectivity index (χ0n) is 8.85. The second-order valence-electron chi connectivity index (χ2n) is 3.58. The summed E-state index contributed by atoms with van der Waals surface area (Å²) in [5.41, 5.74) is 7.20. The lowest BCUT2D eigenvalue weighted by Crippen LogP contribution is -2.05. The van der Waals surface area contributed by atoms with E-state index in [4.69, 9.17) is 10.8 Å². The molecule has 0 saturated carbocycles. The van der Waals surface area contributed by atoms with Crippen LogP contribution in [0.5, 0.6) is 5.75 Å². The summed E-state index contributed by atoms with van der Waals surface area (Å²) in [6, 6.07) is 11.3. The molecule has 2 rings (SSSR count). The van der Waals surface area contributed by atoms with E-state index < -0.39 is 0 Å². The van der Waals surface area contributed by atoms with Crippen LogP contribution in [0.15, 0.2) is 46.9 Å². The predicted octanol–water partition coefficient (Wildman–Crippen LogP) is 2.97. The first kappa shape index (κ1) is 11.7. The maximum Gasteiger partial charge on any atom is 0.195 e. The molecule has 0 spiro atoms. The first-order chi connectivity index (χ1) is 8.09. The van der Waals surface area contributed by atoms with Crippen LogP contribution < -0.4 is 5.73 Å². The number of rotatable bonds is 2. The molecule has 0 radical (unpaired) electrons. The minimum atomic E-state index is -0.163. The van der Waals surface area contributed by atoms with Crippen LogP contribution in [0.25, 0.3) is 0 Å². The van der Waals surface area contributed by atoms with Gasteiger partial charge in [0.2, 0.25) is 0 Å². The van der Waals surface area contributed by atoms with Crippen molar-refractivity contribution in [3.63, 3.8) is 0 Å². The molecule has 0 aliphatic heterocycles. The summed E-state index contributed by atoms with van der Waals surface area (Å²) >= 11 is 3.28. The van der Waals surface area contributed by atoms with E-state index in [0.717, 1.165) is 0 Å². The van der Waals surface area contributed by atoms with Gasteiger partial charge in [-0.15, -0.1) is 0 Å². The van der Waals surface area contributed by atoms with Gasteiger partial charge in [-0.2, -0.15) is 0 Å². The van der Waals surface area contributed by atoms with Gasteiger partial charge in [0, 0.05) is 15.6 Å². The Bertz CT molecular complexity index is 564. The number of aromatic hydroxyl groups is 1. The number of carbonyl (C=O) groups excluding carboxylic acids is 1. The lowest BCUT2D eigenvalue weighted by molar-refractivity contribution is 0.103. The van der Waals surface area contributed by atoms with E-state index in [1.807, 2.05) is 0 Å². The van der Waals surface area contributed by atoms with Crippen molar-refractivity contribution >= 4 is 27.4 Å². The van der Waals surface area contributed by atoms with E-state index in [2.05, 4.69) is 15.9 Å². The molecule has 2 aromatic carbocycles. The molecule has 86 valence electrons. The number of anilines is 1. The average Bonchev–Trinajstić information content (AvgIpc) is 2.33. The van der Waals surface area contributed by atoms with Crippen molar-refractivity contribution in [1.82, 2.24) is 0 Å². The van der Waals surface area contributed by atoms with Crippen molar-refractivity contribution in [2.24, 2.45) is 0 Å². The molecule has 3 N–H and O–H groups in total. The largest absolute Gasteiger partial charge is 0.508 e. The van der Waals surface area contributed by atoms with E-state index in [1.54, 1.807) is 30.3 Å². The fourth-order valence-corrected chi connectivity index (χ4v) is 1.87. The summed E-state index contributed by atoms with van der Waals surface area (Å²) in [5.74, 6) is -0.0347. The van der Waals surface area contributed by atoms with Crippen LogP contribution in [-0.2, 0) is 0 Å². The summed E-state index contributed by atoms with van der Waals surface area (Å²) < 4.78 is 0.696. The standard InChI is InChI=1S/C13H10BrNO2/c14-11-3-1-2-10(12(11)15)13(17)8-4-6-9(16)7-5-8/h1-7,16H,15H2. The van der Waals surface area contributed by atoms with E-state index in [9.17, 15) is 4.79 Å². The molecule has 0 aromatic heterocycles. The van der Waals surface area contributed by atoms with Crippen molar-refractivity contribution < 1.29 is 9.90 Å². The van der Waals surface area contributed by atoms with E-state index in [1.165, 1.54) is 12.1 Å². The molecule has 2 aromatic rings. The minimum Gasteiger partial charge on any atom is -0.508 e. The van der Waals surface area contributed by atoms with Gasteiger partial charge >= 0.3 is 0 Å². The minimum absolute atomic E-state index is 0.128. The molecule has 4 heteroatoms. The third kappa shape index (κ3) is 2.31. The second-order valence-corrected chi connectivity index (χ2v) is 4.43. The summed E-state index contributed by atoms with van der Waals surface area (Å²) in [5, 5.41) is 9.16. The number of phenols is 1. The average molecular weight is 292 g/mol. The molecule has 0 aliphatic carbocycles. The number of nitrogens with two attached hydrogens (primary N) is 1. The van der Waals surface area contributed by atoms with Gasteiger partial charge in [-0.1, -0.05) is 6.07 Å². The van der Waals surface area contributed by atoms with E-state index in [-0.39, 0.29) is 11.5 Å². The number of hydrogen-bond acceptors (Lipinski definition) is 3. The zero-order chi connectivity index (χ0) is 12.4. The molecular weight excluding hydrogens is 282 g/mol. The highest BCUT2D eigenvalue weighted by atomic mass is 79.9. The van der Waals surface area contributed by atoms with Crippen molar-refractivity contribution in [2.75, 3.05) is 5.73 Å². The maximum atomic E-state index is 12.1. The first-order valence-corrected chi connectivity index (χ1v) is 5.76. The lowest BCUT2D eigenvalue weighted by Gasteiger charge is -2.06.